The van der Waals surface area contributed by atoms with Gasteiger partial charge in [-0.15, -0.1) is 0 Å². The number of pyridine rings is 1. The van der Waals surface area contributed by atoms with Crippen molar-refractivity contribution in [1.29, 1.82) is 0 Å². The Kier molecular flexibility index (Phi) is 3.98. The van der Waals surface area contributed by atoms with Crippen molar-refractivity contribution >= 4 is 29.0 Å². The second-order valence-corrected chi connectivity index (χ2v) is 1.52. The van der Waals surface area contributed by atoms with Crippen LogP contribution in [0.2, 0.25) is 0 Å². The van der Waals surface area contributed by atoms with E-state index < -0.39 is 5.97 Å². The Hall–Kier alpha value is -0.614. The smallest absolute Gasteiger partial charge is 0.354 e. The summed E-state index contributed by atoms with van der Waals surface area (Å²) in [4.78, 5) is 13.7. The van der Waals surface area contributed by atoms with Crippen molar-refractivity contribution in [2.45, 2.75) is 0 Å². The summed E-state index contributed by atoms with van der Waals surface area (Å²) in [6.45, 7) is 0. The first-order valence-corrected chi connectivity index (χ1v) is 2.45. The largest absolute Gasteiger partial charge is 0.477 e. The second-order valence-electron chi connectivity index (χ2n) is 1.52. The fourth-order valence-electron chi connectivity index (χ4n) is 0.489. The van der Waals surface area contributed by atoms with E-state index in [1.165, 1.54) is 12.3 Å². The highest BCUT2D eigenvalue weighted by atomic mass is 24.3. The van der Waals surface area contributed by atoms with Gasteiger partial charge in [0, 0.05) is 29.2 Å². The van der Waals surface area contributed by atoms with E-state index in [-0.39, 0.29) is 28.7 Å². The zero-order chi connectivity index (χ0) is 6.69. The maximum absolute atomic E-state index is 10.1. The topological polar surface area (TPSA) is 50.2 Å². The Bertz CT molecular complexity index is 212. The van der Waals surface area contributed by atoms with Crippen LogP contribution in [0.25, 0.3) is 0 Å². The van der Waals surface area contributed by atoms with Gasteiger partial charge in [0.05, 0.1) is 0 Å². The summed E-state index contributed by atoms with van der Waals surface area (Å²) in [5.74, 6) is -0.990. The first kappa shape index (κ1) is 9.39. The SMILES string of the molecule is O=C(O)c1ccccn1.[Mg]. The molecule has 1 N–H and O–H groups in total. The predicted molar refractivity (Wildman–Crippen MR) is 37.0 cm³/mol. The third kappa shape index (κ3) is 2.32. The van der Waals surface area contributed by atoms with Crippen LogP contribution in [0, 0.1) is 0 Å². The Morgan fingerprint density at radius 2 is 2.20 bits per heavy atom. The van der Waals surface area contributed by atoms with E-state index in [2.05, 4.69) is 4.98 Å². The van der Waals surface area contributed by atoms with Gasteiger partial charge in [-0.05, 0) is 12.1 Å². The summed E-state index contributed by atoms with van der Waals surface area (Å²) in [5.41, 5.74) is 0.0810. The van der Waals surface area contributed by atoms with Crippen LogP contribution in [0.15, 0.2) is 24.4 Å². The van der Waals surface area contributed by atoms with E-state index in [4.69, 9.17) is 5.11 Å². The highest BCUT2D eigenvalue weighted by Gasteiger charge is 1.98. The summed E-state index contributed by atoms with van der Waals surface area (Å²) in [5, 5.41) is 8.32. The van der Waals surface area contributed by atoms with Crippen LogP contribution in [0.4, 0.5) is 0 Å². The zero-order valence-corrected chi connectivity index (χ0v) is 6.73. The molecule has 0 saturated heterocycles. The number of hydrogen-bond acceptors (Lipinski definition) is 2. The van der Waals surface area contributed by atoms with E-state index in [0.717, 1.165) is 0 Å². The Morgan fingerprint density at radius 1 is 1.50 bits per heavy atom. The molecule has 4 heteroatoms. The molecular formula is C6H5MgNO2. The lowest BCUT2D eigenvalue weighted by Crippen LogP contribution is -1.97. The minimum atomic E-state index is -0.990. The van der Waals surface area contributed by atoms with Gasteiger partial charge in [-0.1, -0.05) is 6.07 Å². The van der Waals surface area contributed by atoms with Crippen LogP contribution < -0.4 is 0 Å². The van der Waals surface area contributed by atoms with Gasteiger partial charge in [0.15, 0.2) is 0 Å². The van der Waals surface area contributed by atoms with Crippen LogP contribution in [0.3, 0.4) is 0 Å². The van der Waals surface area contributed by atoms with Crippen molar-refractivity contribution in [3.63, 3.8) is 0 Å². The Morgan fingerprint density at radius 3 is 2.50 bits per heavy atom. The number of carbonyl (C=O) groups is 1. The molecule has 0 bridgehead atoms. The van der Waals surface area contributed by atoms with Crippen molar-refractivity contribution in [1.82, 2.24) is 4.98 Å². The molecule has 48 valence electrons. The number of hydrogen-bond donors (Lipinski definition) is 1. The summed E-state index contributed by atoms with van der Waals surface area (Å²) < 4.78 is 0. The van der Waals surface area contributed by atoms with E-state index >= 15 is 0 Å². The van der Waals surface area contributed by atoms with Crippen LogP contribution in [0.5, 0.6) is 0 Å². The molecule has 0 spiro atoms. The van der Waals surface area contributed by atoms with E-state index in [9.17, 15) is 4.79 Å². The molecule has 0 aromatic carbocycles. The molecule has 0 aliphatic rings. The summed E-state index contributed by atoms with van der Waals surface area (Å²) >= 11 is 0. The molecule has 0 saturated carbocycles. The molecular weight excluding hydrogens is 142 g/mol. The number of carboxylic acids is 1. The number of rotatable bonds is 1. The molecule has 10 heavy (non-hydrogen) atoms. The van der Waals surface area contributed by atoms with Gasteiger partial charge in [0.1, 0.15) is 5.69 Å². The molecule has 1 heterocycles. The maximum Gasteiger partial charge on any atom is 0.354 e. The van der Waals surface area contributed by atoms with Crippen molar-refractivity contribution in [2.75, 3.05) is 0 Å². The number of carboxylic acid groups (broad SMARTS) is 1. The molecule has 1 aromatic rings. The Labute approximate surface area is 74.2 Å². The highest BCUT2D eigenvalue weighted by Crippen LogP contribution is 1.90. The van der Waals surface area contributed by atoms with Crippen molar-refractivity contribution in [3.05, 3.63) is 30.1 Å². The van der Waals surface area contributed by atoms with Gasteiger partial charge in [0.2, 0.25) is 0 Å². The molecule has 0 aliphatic heterocycles. The molecule has 1 aromatic heterocycles. The van der Waals surface area contributed by atoms with Gasteiger partial charge < -0.3 is 5.11 Å². The standard InChI is InChI=1S/C6H5NO2.Mg/c8-6(9)5-3-1-2-4-7-5;/h1-4H,(H,8,9);. The number of nitrogens with zero attached hydrogens (tertiary/aromatic N) is 1. The molecule has 0 fully saturated rings. The van der Waals surface area contributed by atoms with E-state index in [0.29, 0.717) is 0 Å². The fraction of sp³-hybridized carbons (Fsp3) is 0. The van der Waals surface area contributed by atoms with Gasteiger partial charge >= 0.3 is 5.97 Å². The maximum atomic E-state index is 10.1. The number of aromatic carboxylic acids is 1. The first-order valence-electron chi connectivity index (χ1n) is 2.45. The molecule has 2 radical (unpaired) electrons. The zero-order valence-electron chi connectivity index (χ0n) is 5.32. The van der Waals surface area contributed by atoms with Crippen molar-refractivity contribution < 1.29 is 9.90 Å². The van der Waals surface area contributed by atoms with Crippen LogP contribution in [-0.2, 0) is 0 Å². The van der Waals surface area contributed by atoms with Gasteiger partial charge in [-0.3, -0.25) is 0 Å². The lowest BCUT2D eigenvalue weighted by Gasteiger charge is -1.87. The van der Waals surface area contributed by atoms with Crippen LogP contribution in [0.1, 0.15) is 10.5 Å². The highest BCUT2D eigenvalue weighted by molar-refractivity contribution is 5.85. The summed E-state index contributed by atoms with van der Waals surface area (Å²) in [6, 6.07) is 4.76. The number of aromatic nitrogens is 1. The second kappa shape index (κ2) is 4.24. The van der Waals surface area contributed by atoms with E-state index in [1.54, 1.807) is 12.1 Å². The fourth-order valence-corrected chi connectivity index (χ4v) is 0.489. The third-order valence-electron chi connectivity index (χ3n) is 0.884. The van der Waals surface area contributed by atoms with Crippen molar-refractivity contribution in [2.24, 2.45) is 0 Å². The normalized spacial score (nSPS) is 8.00. The Balaban J connectivity index is 0.000000810. The summed E-state index contributed by atoms with van der Waals surface area (Å²) in [6.07, 6.45) is 1.45. The van der Waals surface area contributed by atoms with Gasteiger partial charge in [-0.25, -0.2) is 9.78 Å². The van der Waals surface area contributed by atoms with E-state index in [1.807, 2.05) is 0 Å². The molecule has 1 rings (SSSR count). The average Bonchev–Trinajstić information content (AvgIpc) is 1.90. The molecule has 0 amide bonds. The monoisotopic (exact) mass is 147 g/mol. The van der Waals surface area contributed by atoms with Gasteiger partial charge in [-0.2, -0.15) is 0 Å². The average molecular weight is 147 g/mol. The lowest BCUT2D eigenvalue weighted by molar-refractivity contribution is 0.0690. The van der Waals surface area contributed by atoms with Gasteiger partial charge in [0.25, 0.3) is 0 Å². The van der Waals surface area contributed by atoms with Crippen LogP contribution >= 0.6 is 0 Å². The lowest BCUT2D eigenvalue weighted by atomic mass is 10.4. The van der Waals surface area contributed by atoms with Crippen LogP contribution in [-0.4, -0.2) is 39.1 Å². The summed E-state index contributed by atoms with van der Waals surface area (Å²) in [7, 11) is 0. The quantitative estimate of drug-likeness (QED) is 0.585. The molecule has 0 atom stereocenters. The molecule has 0 aliphatic carbocycles. The molecule has 0 unspecified atom stereocenters. The minimum absolute atomic E-state index is 0. The van der Waals surface area contributed by atoms with Crippen molar-refractivity contribution in [3.8, 4) is 0 Å². The first-order chi connectivity index (χ1) is 4.30. The minimum Gasteiger partial charge on any atom is -0.477 e. The third-order valence-corrected chi connectivity index (χ3v) is 0.884. The molecule has 3 nitrogen and oxygen atoms in total. The predicted octanol–water partition coefficient (Wildman–Crippen LogP) is 0.399.